The van der Waals surface area contributed by atoms with Gasteiger partial charge < -0.3 is 14.5 Å². The normalized spacial score (nSPS) is 12.2. The highest BCUT2D eigenvalue weighted by molar-refractivity contribution is 7.08. The molecule has 0 unspecified atom stereocenters. The molecule has 4 nitrogen and oxygen atoms in total. The Morgan fingerprint density at radius 3 is 2.85 bits per heavy atom. The van der Waals surface area contributed by atoms with Crippen molar-refractivity contribution in [1.29, 1.82) is 0 Å². The summed E-state index contributed by atoms with van der Waals surface area (Å²) in [6.45, 7) is 9.80. The van der Waals surface area contributed by atoms with Crippen molar-refractivity contribution < 1.29 is 14.5 Å². The van der Waals surface area contributed by atoms with Gasteiger partial charge in [-0.05, 0) is 43.8 Å². The number of rotatable bonds is 8. The molecule has 2 N–H and O–H groups in total. The van der Waals surface area contributed by atoms with E-state index in [9.17, 15) is 5.02 Å². The molecule has 0 aromatic carbocycles. The van der Waals surface area contributed by atoms with Gasteiger partial charge in [-0.2, -0.15) is 0 Å². The van der Waals surface area contributed by atoms with Gasteiger partial charge in [0, 0.05) is 12.0 Å². The highest BCUT2D eigenvalue weighted by atomic mass is 32.1. The van der Waals surface area contributed by atoms with Crippen molar-refractivity contribution in [2.75, 3.05) is 6.61 Å². The molecule has 1 rings (SSSR count). The van der Waals surface area contributed by atoms with Crippen LogP contribution in [0, 0.1) is 0 Å². The predicted molar refractivity (Wildman–Crippen MR) is 84.3 cm³/mol. The largest absolute Gasteiger partial charge is 0.491 e. The van der Waals surface area contributed by atoms with Crippen LogP contribution < -0.4 is 10.3 Å². The van der Waals surface area contributed by atoms with Crippen LogP contribution in [0.25, 0.3) is 0 Å². The molecule has 0 atom stereocenters. The molecule has 0 fully saturated rings. The quantitative estimate of drug-likeness (QED) is 0.439. The molecule has 0 aliphatic heterocycles. The summed E-state index contributed by atoms with van der Waals surface area (Å²) in [5, 5.41) is 13.7. The van der Waals surface area contributed by atoms with E-state index in [1.807, 2.05) is 43.7 Å². The predicted octanol–water partition coefficient (Wildman–Crippen LogP) is 3.09. The van der Waals surface area contributed by atoms with E-state index in [2.05, 4.69) is 12.1 Å². The Morgan fingerprint density at radius 1 is 1.60 bits per heavy atom. The summed E-state index contributed by atoms with van der Waals surface area (Å²) in [5.41, 5.74) is 4.90. The summed E-state index contributed by atoms with van der Waals surface area (Å²) in [5.74, 6) is 0.741. The summed E-state index contributed by atoms with van der Waals surface area (Å²) in [6.07, 6.45) is 3.60. The number of nitrogens with one attached hydrogen (secondary N) is 1. The van der Waals surface area contributed by atoms with Crippen LogP contribution in [0.2, 0.25) is 0 Å². The second-order valence-electron chi connectivity index (χ2n) is 4.09. The van der Waals surface area contributed by atoms with Crippen molar-refractivity contribution in [1.82, 2.24) is 5.48 Å². The number of hydrogen-bond acceptors (Lipinski definition) is 5. The van der Waals surface area contributed by atoms with Crippen molar-refractivity contribution in [2.24, 2.45) is 0 Å². The molecule has 0 amide bonds. The second kappa shape index (κ2) is 8.63. The van der Waals surface area contributed by atoms with E-state index in [1.165, 1.54) is 0 Å². The first kappa shape index (κ1) is 16.6. The highest BCUT2D eigenvalue weighted by Gasteiger charge is 2.20. The van der Waals surface area contributed by atoms with E-state index in [0.29, 0.717) is 17.8 Å². The molecule has 108 valence electrons. The van der Waals surface area contributed by atoms with Gasteiger partial charge in [0.2, 0.25) is 0 Å². The van der Waals surface area contributed by atoms with Gasteiger partial charge in [0.1, 0.15) is 0 Å². The monoisotopic (exact) mass is 293 g/mol. The van der Waals surface area contributed by atoms with Crippen LogP contribution in [0.15, 0.2) is 52.3 Å². The van der Waals surface area contributed by atoms with Gasteiger partial charge in [-0.15, -0.1) is 11.3 Å². The van der Waals surface area contributed by atoms with E-state index in [-0.39, 0.29) is 0 Å². The van der Waals surface area contributed by atoms with Crippen molar-refractivity contribution in [3.8, 4) is 5.75 Å². The molecular weight excluding hydrogens is 273 g/mol. The average molecular weight is 293 g/mol. The summed E-state index contributed by atoms with van der Waals surface area (Å²) in [4.78, 5) is 5.41. The first-order valence-corrected chi connectivity index (χ1v) is 7.31. The lowest BCUT2D eigenvalue weighted by Gasteiger charge is -2.13. The number of thiophene rings is 1. The van der Waals surface area contributed by atoms with E-state index in [1.54, 1.807) is 17.4 Å². The standard InChI is InChI=1S/C14H20BNO3S/c1-5-12(16-19-13-7-8-20-10-13)9-14(11(3)4)15(17)18-6-2/h5,7-10,16-17H,3,6H2,1-2,4H3/b12-5+,14-9+. The van der Waals surface area contributed by atoms with Crippen molar-refractivity contribution in [2.45, 2.75) is 20.8 Å². The Kier molecular flexibility index (Phi) is 7.15. The Labute approximate surface area is 124 Å². The minimum Gasteiger partial charge on any atom is -0.423 e. The molecule has 0 bridgehead atoms. The van der Waals surface area contributed by atoms with Crippen molar-refractivity contribution >= 4 is 18.5 Å². The first-order chi connectivity index (χ1) is 9.58. The minimum atomic E-state index is -0.990. The lowest BCUT2D eigenvalue weighted by Crippen LogP contribution is -2.24. The molecule has 6 heteroatoms. The lowest BCUT2D eigenvalue weighted by molar-refractivity contribution is 0.234. The second-order valence-corrected chi connectivity index (χ2v) is 4.87. The smallest absolute Gasteiger partial charge is 0.423 e. The van der Waals surface area contributed by atoms with Gasteiger partial charge >= 0.3 is 7.12 Å². The fraction of sp³-hybridized carbons (Fsp3) is 0.286. The maximum Gasteiger partial charge on any atom is 0.491 e. The third-order valence-electron chi connectivity index (χ3n) is 2.49. The Balaban J connectivity index is 2.75. The fourth-order valence-corrected chi connectivity index (χ4v) is 1.97. The highest BCUT2D eigenvalue weighted by Crippen LogP contribution is 2.16. The molecular formula is C14H20BNO3S. The number of hydrogen-bond donors (Lipinski definition) is 2. The molecule has 20 heavy (non-hydrogen) atoms. The number of allylic oxidation sites excluding steroid dienone is 4. The average Bonchev–Trinajstić information content (AvgIpc) is 2.92. The topological polar surface area (TPSA) is 50.7 Å². The van der Waals surface area contributed by atoms with Crippen LogP contribution in [0.4, 0.5) is 0 Å². The van der Waals surface area contributed by atoms with E-state index < -0.39 is 7.12 Å². The zero-order chi connectivity index (χ0) is 15.0. The molecule has 0 aliphatic carbocycles. The lowest BCUT2D eigenvalue weighted by atomic mass is 9.74. The van der Waals surface area contributed by atoms with Gasteiger partial charge in [0.05, 0.1) is 5.70 Å². The Bertz CT molecular complexity index is 483. The zero-order valence-corrected chi connectivity index (χ0v) is 12.9. The minimum absolute atomic E-state index is 0.426. The molecule has 0 radical (unpaired) electrons. The van der Waals surface area contributed by atoms with Crippen LogP contribution >= 0.6 is 11.3 Å². The van der Waals surface area contributed by atoms with Gasteiger partial charge in [0.25, 0.3) is 0 Å². The maximum absolute atomic E-state index is 9.93. The van der Waals surface area contributed by atoms with Gasteiger partial charge in [0.15, 0.2) is 5.75 Å². The zero-order valence-electron chi connectivity index (χ0n) is 12.1. The third kappa shape index (κ3) is 5.24. The Morgan fingerprint density at radius 2 is 2.35 bits per heavy atom. The SMILES string of the molecule is C=C(C)/C(=C\C(=C/C)NOc1ccsc1)B(O)OCC. The van der Waals surface area contributed by atoms with Crippen molar-refractivity contribution in [3.63, 3.8) is 0 Å². The molecule has 1 heterocycles. The van der Waals surface area contributed by atoms with Gasteiger partial charge in [-0.1, -0.05) is 18.2 Å². The van der Waals surface area contributed by atoms with E-state index in [0.717, 1.165) is 11.3 Å². The molecule has 1 aromatic heterocycles. The first-order valence-electron chi connectivity index (χ1n) is 6.37. The molecule has 0 spiro atoms. The molecule has 1 aromatic rings. The summed E-state index contributed by atoms with van der Waals surface area (Å²) in [6, 6.07) is 1.86. The summed E-state index contributed by atoms with van der Waals surface area (Å²) >= 11 is 1.56. The van der Waals surface area contributed by atoms with E-state index in [4.69, 9.17) is 9.49 Å². The van der Waals surface area contributed by atoms with Gasteiger partial charge in [-0.3, -0.25) is 0 Å². The summed E-state index contributed by atoms with van der Waals surface area (Å²) < 4.78 is 5.19. The van der Waals surface area contributed by atoms with E-state index >= 15 is 0 Å². The van der Waals surface area contributed by atoms with Crippen LogP contribution in [0.3, 0.4) is 0 Å². The van der Waals surface area contributed by atoms with Gasteiger partial charge in [-0.25, -0.2) is 5.48 Å². The van der Waals surface area contributed by atoms with Crippen LogP contribution in [0.5, 0.6) is 5.75 Å². The molecule has 0 saturated heterocycles. The van der Waals surface area contributed by atoms with Crippen LogP contribution in [0.1, 0.15) is 20.8 Å². The maximum atomic E-state index is 9.93. The number of hydroxylamine groups is 1. The summed E-state index contributed by atoms with van der Waals surface area (Å²) in [7, 11) is -0.990. The molecule has 0 aliphatic rings. The Hall–Kier alpha value is -1.50. The fourth-order valence-electron chi connectivity index (χ4n) is 1.42. The molecule has 0 saturated carbocycles. The van der Waals surface area contributed by atoms with Crippen LogP contribution in [-0.4, -0.2) is 18.7 Å². The van der Waals surface area contributed by atoms with Crippen molar-refractivity contribution in [3.05, 3.63) is 52.3 Å². The third-order valence-corrected chi connectivity index (χ3v) is 3.15. The van der Waals surface area contributed by atoms with Crippen LogP contribution in [-0.2, 0) is 4.65 Å².